The highest BCUT2D eigenvalue weighted by atomic mass is 16.5. The fourth-order valence-corrected chi connectivity index (χ4v) is 1.96. The van der Waals surface area contributed by atoms with E-state index >= 15 is 0 Å². The lowest BCUT2D eigenvalue weighted by atomic mass is 10.3. The van der Waals surface area contributed by atoms with E-state index < -0.39 is 5.69 Å². The van der Waals surface area contributed by atoms with Crippen LogP contribution in [0.2, 0.25) is 0 Å². The van der Waals surface area contributed by atoms with Crippen molar-refractivity contribution in [3.63, 3.8) is 0 Å². The molecule has 3 aromatic rings. The Balaban J connectivity index is 1.76. The van der Waals surface area contributed by atoms with Crippen LogP contribution in [0, 0.1) is 0 Å². The monoisotopic (exact) mass is 309 g/mol. The van der Waals surface area contributed by atoms with Gasteiger partial charge in [-0.15, -0.1) is 0 Å². The van der Waals surface area contributed by atoms with Gasteiger partial charge in [0, 0.05) is 0 Å². The molecule has 0 unspecified atom stereocenters. The molecule has 0 fully saturated rings. The third kappa shape index (κ3) is 3.46. The Bertz CT molecular complexity index is 831. The van der Waals surface area contributed by atoms with Crippen molar-refractivity contribution in [2.75, 3.05) is 18.0 Å². The number of ether oxygens (including phenoxy) is 1. The lowest BCUT2D eigenvalue weighted by Crippen LogP contribution is -2.24. The Morgan fingerprint density at radius 2 is 1.74 bits per heavy atom. The molecule has 7 heteroatoms. The molecule has 0 amide bonds. The van der Waals surface area contributed by atoms with Gasteiger partial charge in [0.05, 0.1) is 18.5 Å². The quantitative estimate of drug-likeness (QED) is 0.702. The van der Waals surface area contributed by atoms with Gasteiger partial charge in [0.15, 0.2) is 0 Å². The second kappa shape index (κ2) is 6.61. The Labute approximate surface area is 132 Å². The first-order valence-electron chi connectivity index (χ1n) is 6.93. The molecule has 3 rings (SSSR count). The Morgan fingerprint density at radius 1 is 1.00 bits per heavy atom. The molecule has 1 heterocycles. The number of aromatic nitrogens is 3. The van der Waals surface area contributed by atoms with Crippen LogP contribution in [-0.4, -0.2) is 21.6 Å². The van der Waals surface area contributed by atoms with Crippen molar-refractivity contribution < 1.29 is 4.74 Å². The second-order valence-corrected chi connectivity index (χ2v) is 4.65. The lowest BCUT2D eigenvalue weighted by molar-refractivity contribution is 0.414. The molecule has 2 N–H and O–H groups in total. The maximum absolute atomic E-state index is 12.1. The summed E-state index contributed by atoms with van der Waals surface area (Å²) in [4.78, 5) is 20.1. The first-order valence-corrected chi connectivity index (χ1v) is 6.93. The highest BCUT2D eigenvalue weighted by molar-refractivity contribution is 5.46. The minimum atomic E-state index is -0.428. The molecule has 0 aliphatic heterocycles. The van der Waals surface area contributed by atoms with Gasteiger partial charge in [-0.3, -0.25) is 15.4 Å². The van der Waals surface area contributed by atoms with E-state index in [1.54, 1.807) is 31.4 Å². The van der Waals surface area contributed by atoms with E-state index in [1.807, 2.05) is 30.3 Å². The molecule has 0 saturated heterocycles. The molecule has 0 radical (unpaired) electrons. The van der Waals surface area contributed by atoms with Gasteiger partial charge in [0.25, 0.3) is 0 Å². The van der Waals surface area contributed by atoms with Crippen LogP contribution in [0.25, 0.3) is 5.69 Å². The fraction of sp³-hybridized carbons (Fsp3) is 0.0625. The zero-order chi connectivity index (χ0) is 16.1. The Morgan fingerprint density at radius 3 is 2.39 bits per heavy atom. The van der Waals surface area contributed by atoms with Gasteiger partial charge in [0.1, 0.15) is 12.1 Å². The van der Waals surface area contributed by atoms with Crippen LogP contribution in [-0.2, 0) is 0 Å². The van der Waals surface area contributed by atoms with E-state index in [0.717, 1.165) is 5.69 Å². The zero-order valence-corrected chi connectivity index (χ0v) is 12.4. The van der Waals surface area contributed by atoms with Gasteiger partial charge in [-0.05, 0) is 36.4 Å². The molecule has 116 valence electrons. The van der Waals surface area contributed by atoms with Crippen LogP contribution in [0.5, 0.6) is 5.75 Å². The number of hydrazine groups is 1. The van der Waals surface area contributed by atoms with Gasteiger partial charge in [-0.1, -0.05) is 18.2 Å². The third-order valence-electron chi connectivity index (χ3n) is 3.15. The average molecular weight is 309 g/mol. The number of hydrogen-bond donors (Lipinski definition) is 2. The van der Waals surface area contributed by atoms with Crippen LogP contribution in [0.3, 0.4) is 0 Å². The Kier molecular flexibility index (Phi) is 4.19. The molecule has 1 aromatic heterocycles. The van der Waals surface area contributed by atoms with E-state index in [-0.39, 0.29) is 5.95 Å². The largest absolute Gasteiger partial charge is 0.497 e. The van der Waals surface area contributed by atoms with Gasteiger partial charge < -0.3 is 4.74 Å². The molecular weight excluding hydrogens is 294 g/mol. The number of methoxy groups -OCH3 is 1. The van der Waals surface area contributed by atoms with Crippen molar-refractivity contribution >= 4 is 11.6 Å². The number of anilines is 2. The molecule has 0 bridgehead atoms. The van der Waals surface area contributed by atoms with E-state index in [9.17, 15) is 4.79 Å². The van der Waals surface area contributed by atoms with Crippen molar-refractivity contribution in [1.82, 2.24) is 14.5 Å². The maximum Gasteiger partial charge on any atom is 0.356 e. The van der Waals surface area contributed by atoms with Crippen molar-refractivity contribution in [2.24, 2.45) is 0 Å². The summed E-state index contributed by atoms with van der Waals surface area (Å²) in [5, 5.41) is 0. The van der Waals surface area contributed by atoms with Crippen molar-refractivity contribution in [3.8, 4) is 11.4 Å². The molecule has 2 aromatic carbocycles. The number of rotatable bonds is 5. The molecule has 0 atom stereocenters. The predicted molar refractivity (Wildman–Crippen MR) is 87.9 cm³/mol. The normalized spacial score (nSPS) is 10.1. The minimum Gasteiger partial charge on any atom is -0.497 e. The van der Waals surface area contributed by atoms with Crippen LogP contribution < -0.4 is 21.3 Å². The summed E-state index contributed by atoms with van der Waals surface area (Å²) in [5.41, 5.74) is 6.80. The summed E-state index contributed by atoms with van der Waals surface area (Å²) in [5.74, 6) is 0.914. The number of benzene rings is 2. The van der Waals surface area contributed by atoms with Gasteiger partial charge in [0.2, 0.25) is 5.95 Å². The van der Waals surface area contributed by atoms with E-state index in [1.165, 1.54) is 10.9 Å². The molecule has 0 aliphatic carbocycles. The number of hydrogen-bond acceptors (Lipinski definition) is 6. The zero-order valence-electron chi connectivity index (χ0n) is 12.4. The van der Waals surface area contributed by atoms with Crippen molar-refractivity contribution in [3.05, 3.63) is 71.4 Å². The summed E-state index contributed by atoms with van der Waals surface area (Å²) in [6, 6.07) is 16.5. The highest BCUT2D eigenvalue weighted by Crippen LogP contribution is 2.13. The summed E-state index contributed by atoms with van der Waals surface area (Å²) < 4.78 is 6.45. The number of para-hydroxylation sites is 1. The first kappa shape index (κ1) is 14.6. The van der Waals surface area contributed by atoms with Gasteiger partial charge in [-0.25, -0.2) is 9.78 Å². The molecule has 0 spiro atoms. The molecule has 0 saturated carbocycles. The molecule has 23 heavy (non-hydrogen) atoms. The standard InChI is InChI=1S/C16H15N5O2/c1-23-14-9-7-13(8-10-14)21-11-17-15(18-16(21)22)20-19-12-5-3-2-4-6-12/h2-11,19H,1H3,(H,18,20,22). The summed E-state index contributed by atoms with van der Waals surface area (Å²) in [6.07, 6.45) is 1.42. The second-order valence-electron chi connectivity index (χ2n) is 4.65. The fourth-order valence-electron chi connectivity index (χ4n) is 1.96. The molecule has 7 nitrogen and oxygen atoms in total. The molecular formula is C16H15N5O2. The number of nitrogens with zero attached hydrogens (tertiary/aromatic N) is 3. The lowest BCUT2D eigenvalue weighted by Gasteiger charge is -2.09. The number of nitrogens with one attached hydrogen (secondary N) is 2. The van der Waals surface area contributed by atoms with Crippen LogP contribution in [0.1, 0.15) is 0 Å². The SMILES string of the molecule is COc1ccc(-n2cnc(NNc3ccccc3)nc2=O)cc1. The minimum absolute atomic E-state index is 0.198. The summed E-state index contributed by atoms with van der Waals surface area (Å²) >= 11 is 0. The summed E-state index contributed by atoms with van der Waals surface area (Å²) in [6.45, 7) is 0. The molecule has 0 aliphatic rings. The van der Waals surface area contributed by atoms with E-state index in [2.05, 4.69) is 20.8 Å². The van der Waals surface area contributed by atoms with Gasteiger partial charge >= 0.3 is 5.69 Å². The third-order valence-corrected chi connectivity index (χ3v) is 3.15. The van der Waals surface area contributed by atoms with E-state index in [4.69, 9.17) is 4.74 Å². The average Bonchev–Trinajstić information content (AvgIpc) is 2.61. The smallest absolute Gasteiger partial charge is 0.356 e. The highest BCUT2D eigenvalue weighted by Gasteiger charge is 2.04. The maximum atomic E-state index is 12.1. The van der Waals surface area contributed by atoms with Crippen LogP contribution >= 0.6 is 0 Å². The van der Waals surface area contributed by atoms with Crippen LogP contribution in [0.4, 0.5) is 11.6 Å². The van der Waals surface area contributed by atoms with Gasteiger partial charge in [-0.2, -0.15) is 4.98 Å². The van der Waals surface area contributed by atoms with Crippen molar-refractivity contribution in [1.29, 1.82) is 0 Å². The van der Waals surface area contributed by atoms with Crippen LogP contribution in [0.15, 0.2) is 65.7 Å². The summed E-state index contributed by atoms with van der Waals surface area (Å²) in [7, 11) is 1.59. The predicted octanol–water partition coefficient (Wildman–Crippen LogP) is 2.08. The Hall–Kier alpha value is -3.35. The van der Waals surface area contributed by atoms with E-state index in [0.29, 0.717) is 11.4 Å². The topological polar surface area (TPSA) is 81.1 Å². The van der Waals surface area contributed by atoms with Crippen molar-refractivity contribution in [2.45, 2.75) is 0 Å². The first-order chi connectivity index (χ1) is 11.3.